The van der Waals surface area contributed by atoms with Crippen LogP contribution in [0.1, 0.15) is 18.4 Å². The van der Waals surface area contributed by atoms with Crippen LogP contribution in [0.5, 0.6) is 0 Å². The van der Waals surface area contributed by atoms with Gasteiger partial charge in [0, 0.05) is 18.8 Å². The molecule has 0 amide bonds. The van der Waals surface area contributed by atoms with Gasteiger partial charge in [-0.05, 0) is 19.4 Å². The van der Waals surface area contributed by atoms with Crippen molar-refractivity contribution < 1.29 is 0 Å². The van der Waals surface area contributed by atoms with Gasteiger partial charge in [-0.2, -0.15) is 0 Å². The van der Waals surface area contributed by atoms with Crippen molar-refractivity contribution in [1.82, 2.24) is 15.3 Å². The predicted molar refractivity (Wildman–Crippen MR) is 60.6 cm³/mol. The van der Waals surface area contributed by atoms with E-state index in [9.17, 15) is 0 Å². The summed E-state index contributed by atoms with van der Waals surface area (Å²) in [5.41, 5.74) is 2.36. The summed E-state index contributed by atoms with van der Waals surface area (Å²) in [6.07, 6.45) is 5.78. The van der Waals surface area contributed by atoms with Crippen LogP contribution in [0.2, 0.25) is 0 Å². The first kappa shape index (κ1) is 10.6. The third-order valence-corrected chi connectivity index (χ3v) is 1.77. The second kappa shape index (κ2) is 4.70. The summed E-state index contributed by atoms with van der Waals surface area (Å²) in [6, 6.07) is 0. The molecule has 0 saturated carbocycles. The fraction of sp³-hybridized carbons (Fsp3) is 0.300. The number of H-pyrrole nitrogens is 1. The number of hydrogen-bond acceptors (Lipinski definition) is 2. The Morgan fingerprint density at radius 1 is 1.57 bits per heavy atom. The molecular formula is C10H14BN3. The Morgan fingerprint density at radius 3 is 2.71 bits per heavy atom. The minimum atomic E-state index is 0.599. The van der Waals surface area contributed by atoms with E-state index in [0.717, 1.165) is 17.1 Å². The Bertz CT molecular complexity index is 363. The normalized spacial score (nSPS) is 12.4. The van der Waals surface area contributed by atoms with Crippen molar-refractivity contribution in [3.8, 4) is 0 Å². The van der Waals surface area contributed by atoms with Crippen molar-refractivity contribution in [1.29, 1.82) is 0 Å². The van der Waals surface area contributed by atoms with Gasteiger partial charge in [-0.15, -0.1) is 0 Å². The van der Waals surface area contributed by atoms with E-state index < -0.39 is 0 Å². The summed E-state index contributed by atoms with van der Waals surface area (Å²) in [4.78, 5) is 7.28. The van der Waals surface area contributed by atoms with Gasteiger partial charge in [0.25, 0.3) is 0 Å². The van der Waals surface area contributed by atoms with Crippen LogP contribution < -0.4 is 10.9 Å². The molecule has 1 heterocycles. The van der Waals surface area contributed by atoms with E-state index in [1.54, 1.807) is 0 Å². The highest BCUT2D eigenvalue weighted by Gasteiger charge is 2.05. The predicted octanol–water partition coefficient (Wildman–Crippen LogP) is 0.648. The lowest BCUT2D eigenvalue weighted by molar-refractivity contribution is 1.10. The van der Waals surface area contributed by atoms with Crippen LogP contribution in [-0.4, -0.2) is 24.9 Å². The maximum Gasteiger partial charge on any atom is 0.141 e. The van der Waals surface area contributed by atoms with Crippen molar-refractivity contribution in [3.05, 3.63) is 29.9 Å². The Balaban J connectivity index is 3.11. The van der Waals surface area contributed by atoms with Gasteiger partial charge < -0.3 is 10.3 Å². The molecule has 0 aliphatic rings. The molecule has 2 radical (unpaired) electrons. The fourth-order valence-electron chi connectivity index (χ4n) is 1.26. The van der Waals surface area contributed by atoms with Gasteiger partial charge >= 0.3 is 0 Å². The lowest BCUT2D eigenvalue weighted by Gasteiger charge is -1.99. The maximum absolute atomic E-state index is 5.78. The summed E-state index contributed by atoms with van der Waals surface area (Å²) in [6.45, 7) is 3.84. The average Bonchev–Trinajstić information content (AvgIpc) is 2.45. The molecule has 72 valence electrons. The maximum atomic E-state index is 5.78. The first-order chi connectivity index (χ1) is 6.69. The Morgan fingerprint density at radius 2 is 2.29 bits per heavy atom. The zero-order chi connectivity index (χ0) is 10.6. The number of aromatic nitrogens is 2. The van der Waals surface area contributed by atoms with E-state index in [1.165, 1.54) is 0 Å². The smallest absolute Gasteiger partial charge is 0.141 e. The first-order valence-corrected chi connectivity index (χ1v) is 4.51. The standard InChI is InChI=1S/C10H14BN3/c1-4-5-8(6-12-3)9-10(11)14-7(2)13-9/h4-6,12H,1-3H3,(H,13,14)/b5-4-,8-6+. The molecule has 0 saturated heterocycles. The number of allylic oxidation sites excluding steroid dienone is 3. The minimum Gasteiger partial charge on any atom is -0.393 e. The van der Waals surface area contributed by atoms with Crippen molar-refractivity contribution >= 4 is 19.0 Å². The lowest BCUT2D eigenvalue weighted by Crippen LogP contribution is -2.10. The van der Waals surface area contributed by atoms with Gasteiger partial charge in [-0.3, -0.25) is 0 Å². The molecule has 0 aliphatic carbocycles. The van der Waals surface area contributed by atoms with Crippen LogP contribution in [0.4, 0.5) is 0 Å². The highest BCUT2D eigenvalue weighted by atomic mass is 14.9. The van der Waals surface area contributed by atoms with Gasteiger partial charge in [0.15, 0.2) is 0 Å². The van der Waals surface area contributed by atoms with Gasteiger partial charge in [0.05, 0.1) is 5.69 Å². The van der Waals surface area contributed by atoms with Crippen molar-refractivity contribution in [3.63, 3.8) is 0 Å². The van der Waals surface area contributed by atoms with Crippen LogP contribution in [0.3, 0.4) is 0 Å². The number of aryl methyl sites for hydroxylation is 1. The molecule has 0 atom stereocenters. The molecule has 0 fully saturated rings. The molecule has 0 aliphatic heterocycles. The molecule has 0 unspecified atom stereocenters. The van der Waals surface area contributed by atoms with Gasteiger partial charge in [-0.25, -0.2) is 4.98 Å². The van der Waals surface area contributed by atoms with E-state index in [1.807, 2.05) is 39.2 Å². The van der Waals surface area contributed by atoms with Crippen LogP contribution in [0, 0.1) is 6.92 Å². The van der Waals surface area contributed by atoms with Crippen LogP contribution in [0.15, 0.2) is 18.4 Å². The fourth-order valence-corrected chi connectivity index (χ4v) is 1.26. The molecule has 0 spiro atoms. The molecular weight excluding hydrogens is 173 g/mol. The second-order valence-electron chi connectivity index (χ2n) is 2.97. The summed E-state index contributed by atoms with van der Waals surface area (Å²) in [7, 11) is 7.63. The summed E-state index contributed by atoms with van der Waals surface area (Å²) in [5, 5.41) is 2.96. The molecule has 0 bridgehead atoms. The minimum absolute atomic E-state index is 0.599. The Hall–Kier alpha value is -1.45. The number of rotatable bonds is 3. The van der Waals surface area contributed by atoms with Gasteiger partial charge in [0.2, 0.25) is 0 Å². The topological polar surface area (TPSA) is 40.7 Å². The van der Waals surface area contributed by atoms with Crippen LogP contribution >= 0.6 is 0 Å². The molecule has 0 aromatic carbocycles. The van der Waals surface area contributed by atoms with E-state index in [2.05, 4.69) is 15.3 Å². The Kier molecular flexibility index (Phi) is 3.57. The summed E-state index contributed by atoms with van der Waals surface area (Å²) in [5.74, 6) is 0.823. The number of nitrogens with one attached hydrogen (secondary N) is 2. The number of nitrogens with zero attached hydrogens (tertiary/aromatic N) is 1. The monoisotopic (exact) mass is 187 g/mol. The van der Waals surface area contributed by atoms with E-state index in [4.69, 9.17) is 7.85 Å². The molecule has 1 aromatic heterocycles. The van der Waals surface area contributed by atoms with E-state index in [-0.39, 0.29) is 0 Å². The number of aromatic amines is 1. The number of hydrogen-bond donors (Lipinski definition) is 2. The number of imidazole rings is 1. The molecule has 1 aromatic rings. The van der Waals surface area contributed by atoms with E-state index >= 15 is 0 Å². The molecule has 2 N–H and O–H groups in total. The van der Waals surface area contributed by atoms with Gasteiger partial charge in [0.1, 0.15) is 13.7 Å². The van der Waals surface area contributed by atoms with Crippen LogP contribution in [-0.2, 0) is 0 Å². The molecule has 1 rings (SSSR count). The van der Waals surface area contributed by atoms with Crippen molar-refractivity contribution in [2.75, 3.05) is 7.05 Å². The van der Waals surface area contributed by atoms with Crippen molar-refractivity contribution in [2.45, 2.75) is 13.8 Å². The van der Waals surface area contributed by atoms with Crippen molar-refractivity contribution in [2.24, 2.45) is 0 Å². The Labute approximate surface area is 85.7 Å². The molecule has 3 nitrogen and oxygen atoms in total. The lowest BCUT2D eigenvalue weighted by atomic mass is 9.98. The SMILES string of the molecule is [B]c1[nH]c(C)nc1C(/C=C\C)=C/NC. The highest BCUT2D eigenvalue weighted by Crippen LogP contribution is 2.10. The summed E-state index contributed by atoms with van der Waals surface area (Å²) < 4.78 is 0. The van der Waals surface area contributed by atoms with Crippen LogP contribution in [0.25, 0.3) is 5.57 Å². The zero-order valence-corrected chi connectivity index (χ0v) is 8.76. The quantitative estimate of drug-likeness (QED) is 0.538. The second-order valence-corrected chi connectivity index (χ2v) is 2.97. The summed E-state index contributed by atoms with van der Waals surface area (Å²) >= 11 is 0. The van der Waals surface area contributed by atoms with Gasteiger partial charge in [-0.1, -0.05) is 12.2 Å². The zero-order valence-electron chi connectivity index (χ0n) is 8.76. The molecule has 4 heteroatoms. The third-order valence-electron chi connectivity index (χ3n) is 1.77. The third kappa shape index (κ3) is 2.28. The first-order valence-electron chi connectivity index (χ1n) is 4.51. The molecule has 14 heavy (non-hydrogen) atoms. The highest BCUT2D eigenvalue weighted by molar-refractivity contribution is 6.33. The van der Waals surface area contributed by atoms with E-state index in [0.29, 0.717) is 5.59 Å². The average molecular weight is 187 g/mol. The largest absolute Gasteiger partial charge is 0.393 e.